The predicted octanol–water partition coefficient (Wildman–Crippen LogP) is 2.90. The molecule has 6 nitrogen and oxygen atoms in total. The molecular weight excluding hydrogens is 428 g/mol. The van der Waals surface area contributed by atoms with E-state index in [9.17, 15) is 18.0 Å². The molecule has 9 heteroatoms. The van der Waals surface area contributed by atoms with Gasteiger partial charge in [0.25, 0.3) is 5.91 Å². The normalized spacial score (nSPS) is 11.8. The second-order valence-corrected chi connectivity index (χ2v) is 10.2. The summed E-state index contributed by atoms with van der Waals surface area (Å²) >= 11 is 4.36. The van der Waals surface area contributed by atoms with Gasteiger partial charge in [-0.3, -0.25) is 9.59 Å². The third-order valence-corrected chi connectivity index (χ3v) is 7.48. The zero-order valence-corrected chi connectivity index (χ0v) is 17.5. The number of aromatic nitrogens is 1. The van der Waals surface area contributed by atoms with E-state index in [4.69, 9.17) is 0 Å². The molecule has 0 saturated carbocycles. The summed E-state index contributed by atoms with van der Waals surface area (Å²) in [6.07, 6.45) is 2.69. The van der Waals surface area contributed by atoms with E-state index in [0.29, 0.717) is 9.35 Å². The van der Waals surface area contributed by atoms with E-state index in [1.54, 1.807) is 12.3 Å². The van der Waals surface area contributed by atoms with Crippen molar-refractivity contribution in [3.05, 3.63) is 49.2 Å². The first-order valence-electron chi connectivity index (χ1n) is 7.50. The number of nitrogens with zero attached hydrogens (tertiary/aromatic N) is 1. The summed E-state index contributed by atoms with van der Waals surface area (Å²) in [5.41, 5.74) is 0.438. The molecule has 0 bridgehead atoms. The van der Waals surface area contributed by atoms with Crippen LogP contribution in [0.4, 0.5) is 0 Å². The molecule has 0 saturated heterocycles. The monoisotopic (exact) mass is 446 g/mol. The average molecular weight is 447 g/mol. The SMILES string of the molecule is Cc1c(Br)c(=O)c(C(=O)NCc2ccc(S(C)(=O)=O)s2)cn1C(C)C. The minimum Gasteiger partial charge on any atom is -0.347 e. The predicted molar refractivity (Wildman–Crippen MR) is 102 cm³/mol. The first kappa shape index (κ1) is 19.9. The lowest BCUT2D eigenvalue weighted by Gasteiger charge is -2.17. The number of nitrogens with one attached hydrogen (secondary N) is 1. The van der Waals surface area contributed by atoms with E-state index < -0.39 is 15.7 Å². The van der Waals surface area contributed by atoms with Gasteiger partial charge in [-0.15, -0.1) is 11.3 Å². The van der Waals surface area contributed by atoms with E-state index in [1.165, 1.54) is 6.07 Å². The van der Waals surface area contributed by atoms with Crippen LogP contribution in [0.3, 0.4) is 0 Å². The minimum absolute atomic E-state index is 0.0473. The summed E-state index contributed by atoms with van der Waals surface area (Å²) in [4.78, 5) is 25.5. The highest BCUT2D eigenvalue weighted by atomic mass is 79.9. The third kappa shape index (κ3) is 4.39. The van der Waals surface area contributed by atoms with Crippen LogP contribution in [0.5, 0.6) is 0 Å². The van der Waals surface area contributed by atoms with Crippen molar-refractivity contribution in [3.63, 3.8) is 0 Å². The zero-order chi connectivity index (χ0) is 18.9. The molecule has 2 aromatic heterocycles. The van der Waals surface area contributed by atoms with Crippen LogP contribution in [-0.4, -0.2) is 25.1 Å². The molecule has 0 spiro atoms. The van der Waals surface area contributed by atoms with Gasteiger partial charge in [0.05, 0.1) is 11.0 Å². The van der Waals surface area contributed by atoms with Crippen LogP contribution in [0.2, 0.25) is 0 Å². The largest absolute Gasteiger partial charge is 0.347 e. The number of thiophene rings is 1. The maximum absolute atomic E-state index is 12.4. The van der Waals surface area contributed by atoms with Crippen LogP contribution in [0.15, 0.2) is 31.8 Å². The Morgan fingerprint density at radius 2 is 2.00 bits per heavy atom. The summed E-state index contributed by atoms with van der Waals surface area (Å²) in [5, 5.41) is 2.68. The van der Waals surface area contributed by atoms with Gasteiger partial charge in [0, 0.05) is 29.1 Å². The molecule has 0 atom stereocenters. The topological polar surface area (TPSA) is 85.2 Å². The van der Waals surface area contributed by atoms with Crippen LogP contribution in [0, 0.1) is 6.92 Å². The van der Waals surface area contributed by atoms with Crippen LogP contribution < -0.4 is 10.7 Å². The number of carbonyl (C=O) groups excluding carboxylic acids is 1. The van der Waals surface area contributed by atoms with E-state index in [1.807, 2.05) is 25.3 Å². The molecule has 0 unspecified atom stereocenters. The molecule has 0 aliphatic rings. The summed E-state index contributed by atoms with van der Waals surface area (Å²) in [5.74, 6) is -0.491. The molecule has 0 aromatic carbocycles. The fourth-order valence-electron chi connectivity index (χ4n) is 2.30. The molecule has 1 N–H and O–H groups in total. The van der Waals surface area contributed by atoms with E-state index >= 15 is 0 Å². The van der Waals surface area contributed by atoms with E-state index in [-0.39, 0.29) is 27.8 Å². The Morgan fingerprint density at radius 3 is 2.52 bits per heavy atom. The highest BCUT2D eigenvalue weighted by Crippen LogP contribution is 2.21. The van der Waals surface area contributed by atoms with Gasteiger partial charge in [-0.2, -0.15) is 0 Å². The maximum atomic E-state index is 12.4. The lowest BCUT2D eigenvalue weighted by Crippen LogP contribution is -2.30. The van der Waals surface area contributed by atoms with Crippen molar-refractivity contribution < 1.29 is 13.2 Å². The summed E-state index contributed by atoms with van der Waals surface area (Å²) in [7, 11) is -3.26. The highest BCUT2D eigenvalue weighted by molar-refractivity contribution is 9.10. The van der Waals surface area contributed by atoms with Crippen LogP contribution >= 0.6 is 27.3 Å². The first-order chi connectivity index (χ1) is 11.5. The summed E-state index contributed by atoms with van der Waals surface area (Å²) in [6, 6.07) is 3.26. The van der Waals surface area contributed by atoms with Crippen molar-refractivity contribution in [2.75, 3.05) is 6.26 Å². The quantitative estimate of drug-likeness (QED) is 0.764. The van der Waals surface area contributed by atoms with Crippen molar-refractivity contribution in [2.45, 2.75) is 37.6 Å². The van der Waals surface area contributed by atoms with Crippen molar-refractivity contribution >= 4 is 43.0 Å². The Labute approximate surface area is 158 Å². The van der Waals surface area contributed by atoms with Crippen molar-refractivity contribution in [1.82, 2.24) is 9.88 Å². The Hall–Kier alpha value is -1.45. The fraction of sp³-hybridized carbons (Fsp3) is 0.375. The number of sulfone groups is 1. The van der Waals surface area contributed by atoms with Crippen LogP contribution in [0.1, 0.15) is 40.8 Å². The average Bonchev–Trinajstić information content (AvgIpc) is 2.99. The Balaban J connectivity index is 2.24. The van der Waals surface area contributed by atoms with Crippen LogP contribution in [0.25, 0.3) is 0 Å². The number of hydrogen-bond acceptors (Lipinski definition) is 5. The Morgan fingerprint density at radius 1 is 1.36 bits per heavy atom. The number of rotatable bonds is 5. The number of hydrogen-bond donors (Lipinski definition) is 1. The third-order valence-electron chi connectivity index (χ3n) is 3.64. The lowest BCUT2D eigenvalue weighted by atomic mass is 10.2. The Bertz CT molecular complexity index is 975. The Kier molecular flexibility index (Phi) is 5.90. The van der Waals surface area contributed by atoms with Gasteiger partial charge in [-0.05, 0) is 48.8 Å². The molecule has 2 heterocycles. The van der Waals surface area contributed by atoms with Gasteiger partial charge in [0.2, 0.25) is 5.43 Å². The summed E-state index contributed by atoms with van der Waals surface area (Å²) < 4.78 is 25.5. The fourth-order valence-corrected chi connectivity index (χ4v) is 4.64. The van der Waals surface area contributed by atoms with Gasteiger partial charge in [0.15, 0.2) is 9.84 Å². The molecule has 136 valence electrons. The molecule has 2 rings (SSSR count). The lowest BCUT2D eigenvalue weighted by molar-refractivity contribution is 0.0949. The van der Waals surface area contributed by atoms with Crippen LogP contribution in [-0.2, 0) is 16.4 Å². The highest BCUT2D eigenvalue weighted by Gasteiger charge is 2.18. The summed E-state index contributed by atoms with van der Waals surface area (Å²) in [6.45, 7) is 5.89. The molecule has 0 aliphatic heterocycles. The van der Waals surface area contributed by atoms with Crippen molar-refractivity contribution in [1.29, 1.82) is 0 Å². The standard InChI is InChI=1S/C16H19BrN2O4S2/c1-9(2)19-8-12(15(20)14(17)10(19)3)16(21)18-7-11-5-6-13(24-11)25(4,22)23/h5-6,8-9H,7H2,1-4H3,(H,18,21). The number of halogens is 1. The van der Waals surface area contributed by atoms with E-state index in [2.05, 4.69) is 21.2 Å². The molecule has 0 aliphatic carbocycles. The molecular formula is C16H19BrN2O4S2. The second-order valence-electron chi connectivity index (χ2n) is 5.95. The van der Waals surface area contributed by atoms with Crippen molar-refractivity contribution in [2.24, 2.45) is 0 Å². The van der Waals surface area contributed by atoms with Crippen molar-refractivity contribution in [3.8, 4) is 0 Å². The number of amides is 1. The maximum Gasteiger partial charge on any atom is 0.257 e. The minimum atomic E-state index is -3.26. The molecule has 2 aromatic rings. The van der Waals surface area contributed by atoms with Gasteiger partial charge in [-0.25, -0.2) is 8.42 Å². The molecule has 25 heavy (non-hydrogen) atoms. The second kappa shape index (κ2) is 7.43. The first-order valence-corrected chi connectivity index (χ1v) is 11.0. The molecule has 1 amide bonds. The molecule has 0 fully saturated rings. The van der Waals surface area contributed by atoms with Gasteiger partial charge < -0.3 is 9.88 Å². The zero-order valence-electron chi connectivity index (χ0n) is 14.3. The smallest absolute Gasteiger partial charge is 0.257 e. The molecule has 0 radical (unpaired) electrons. The van der Waals surface area contributed by atoms with Gasteiger partial charge >= 0.3 is 0 Å². The number of pyridine rings is 1. The van der Waals surface area contributed by atoms with Gasteiger partial charge in [-0.1, -0.05) is 0 Å². The number of carbonyl (C=O) groups is 1. The van der Waals surface area contributed by atoms with Gasteiger partial charge in [0.1, 0.15) is 9.77 Å². The van der Waals surface area contributed by atoms with E-state index in [0.717, 1.165) is 23.3 Å².